The summed E-state index contributed by atoms with van der Waals surface area (Å²) in [7, 11) is 1.60. The number of piperazine rings is 1. The number of aromatic nitrogens is 1. The monoisotopic (exact) mass is 363 g/mol. The van der Waals surface area contributed by atoms with E-state index in [1.54, 1.807) is 30.1 Å². The molecule has 0 spiro atoms. The highest BCUT2D eigenvalue weighted by Crippen LogP contribution is 2.20. The molecule has 5 nitrogen and oxygen atoms in total. The fourth-order valence-corrected chi connectivity index (χ4v) is 3.17. The third kappa shape index (κ3) is 3.91. The zero-order valence-electron chi connectivity index (χ0n) is 13.9. The molecule has 0 unspecified atom stereocenters. The Balaban J connectivity index is 1.62. The van der Waals surface area contributed by atoms with E-state index in [-0.39, 0.29) is 17.3 Å². The number of hydrogen-bond donors (Lipinski definition) is 0. The Morgan fingerprint density at radius 3 is 2.56 bits per heavy atom. The van der Waals surface area contributed by atoms with Crippen molar-refractivity contribution >= 4 is 17.5 Å². The van der Waals surface area contributed by atoms with Crippen LogP contribution >= 0.6 is 11.6 Å². The number of carbonyl (C=O) groups excluding carboxylic acids is 1. The molecule has 1 aromatic carbocycles. The second-order valence-corrected chi connectivity index (χ2v) is 6.52. The summed E-state index contributed by atoms with van der Waals surface area (Å²) in [6.07, 6.45) is 0. The highest BCUT2D eigenvalue weighted by atomic mass is 35.5. The molecule has 1 fully saturated rings. The second-order valence-electron chi connectivity index (χ2n) is 6.11. The molecule has 1 aliphatic heterocycles. The second kappa shape index (κ2) is 7.37. The minimum absolute atomic E-state index is 0.139. The predicted molar refractivity (Wildman–Crippen MR) is 94.3 cm³/mol. The lowest BCUT2D eigenvalue weighted by atomic mass is 10.2. The average molecular weight is 364 g/mol. The van der Waals surface area contributed by atoms with Crippen molar-refractivity contribution in [1.29, 1.82) is 0 Å². The van der Waals surface area contributed by atoms with Crippen LogP contribution in [0.5, 0.6) is 0 Å². The molecule has 1 saturated heterocycles. The van der Waals surface area contributed by atoms with Gasteiger partial charge in [-0.05, 0) is 23.8 Å². The van der Waals surface area contributed by atoms with Gasteiger partial charge in [0.2, 0.25) is 0 Å². The van der Waals surface area contributed by atoms with Gasteiger partial charge in [0, 0.05) is 50.9 Å². The van der Waals surface area contributed by atoms with E-state index < -0.39 is 0 Å². The van der Waals surface area contributed by atoms with Crippen LogP contribution in [0.3, 0.4) is 0 Å². The molecule has 2 aromatic rings. The molecule has 0 N–H and O–H groups in total. The van der Waals surface area contributed by atoms with E-state index in [4.69, 9.17) is 11.6 Å². The fourth-order valence-electron chi connectivity index (χ4n) is 2.94. The Bertz CT molecular complexity index is 844. The molecular weight excluding hydrogens is 345 g/mol. The molecule has 3 rings (SSSR count). The van der Waals surface area contributed by atoms with Gasteiger partial charge in [0.15, 0.2) is 0 Å². The Labute approximate surface area is 150 Å². The normalized spacial score (nSPS) is 15.4. The first kappa shape index (κ1) is 17.6. The number of carbonyl (C=O) groups is 1. The molecule has 132 valence electrons. The van der Waals surface area contributed by atoms with Gasteiger partial charge < -0.3 is 9.47 Å². The summed E-state index contributed by atoms with van der Waals surface area (Å²) in [5, 5.41) is 0.415. The fraction of sp³-hybridized carbons (Fsp3) is 0.333. The summed E-state index contributed by atoms with van der Waals surface area (Å²) in [5.41, 5.74) is 1.06. The largest absolute Gasteiger partial charge is 0.335 e. The van der Waals surface area contributed by atoms with Gasteiger partial charge in [-0.1, -0.05) is 23.7 Å². The minimum atomic E-state index is -0.349. The maximum absolute atomic E-state index is 13.1. The van der Waals surface area contributed by atoms with Gasteiger partial charge in [0.1, 0.15) is 11.5 Å². The molecule has 7 heteroatoms. The summed E-state index contributed by atoms with van der Waals surface area (Å²) in [5.74, 6) is -0.489. The molecule has 0 radical (unpaired) electrons. The zero-order valence-corrected chi connectivity index (χ0v) is 14.7. The molecule has 1 aromatic heterocycles. The van der Waals surface area contributed by atoms with E-state index in [9.17, 15) is 14.0 Å². The Morgan fingerprint density at radius 1 is 1.16 bits per heavy atom. The van der Waals surface area contributed by atoms with Crippen LogP contribution in [-0.4, -0.2) is 46.5 Å². The average Bonchev–Trinajstić information content (AvgIpc) is 2.60. The Hall–Kier alpha value is -2.18. The van der Waals surface area contributed by atoms with Crippen LogP contribution in [-0.2, 0) is 13.6 Å². The number of benzene rings is 1. The molecule has 0 bridgehead atoms. The van der Waals surface area contributed by atoms with E-state index in [2.05, 4.69) is 4.90 Å². The van der Waals surface area contributed by atoms with Crippen molar-refractivity contribution in [3.63, 3.8) is 0 Å². The topological polar surface area (TPSA) is 45.6 Å². The van der Waals surface area contributed by atoms with E-state index >= 15 is 0 Å². The first-order valence-electron chi connectivity index (χ1n) is 8.07. The third-order valence-electron chi connectivity index (χ3n) is 4.47. The quantitative estimate of drug-likeness (QED) is 0.839. The van der Waals surface area contributed by atoms with Crippen molar-refractivity contribution in [2.75, 3.05) is 26.2 Å². The summed E-state index contributed by atoms with van der Waals surface area (Å²) in [6, 6.07) is 9.09. The van der Waals surface area contributed by atoms with E-state index in [0.717, 1.165) is 5.56 Å². The predicted octanol–water partition coefficient (Wildman–Crippen LogP) is 2.14. The number of halogens is 2. The van der Waals surface area contributed by atoms with Crippen molar-refractivity contribution in [3.8, 4) is 0 Å². The van der Waals surface area contributed by atoms with Gasteiger partial charge in [0.25, 0.3) is 11.5 Å². The number of hydrogen-bond acceptors (Lipinski definition) is 3. The van der Waals surface area contributed by atoms with Gasteiger partial charge in [0.05, 0.1) is 0 Å². The van der Waals surface area contributed by atoms with Crippen molar-refractivity contribution in [2.45, 2.75) is 6.54 Å². The number of nitrogens with zero attached hydrogens (tertiary/aromatic N) is 3. The van der Waals surface area contributed by atoms with Gasteiger partial charge in [-0.3, -0.25) is 14.5 Å². The van der Waals surface area contributed by atoms with E-state index in [1.807, 2.05) is 0 Å². The van der Waals surface area contributed by atoms with Crippen LogP contribution in [0.25, 0.3) is 0 Å². The highest BCUT2D eigenvalue weighted by Gasteiger charge is 2.24. The molecule has 0 aliphatic carbocycles. The van der Waals surface area contributed by atoms with Gasteiger partial charge in [-0.15, -0.1) is 0 Å². The van der Waals surface area contributed by atoms with Crippen LogP contribution in [0.4, 0.5) is 4.39 Å². The lowest BCUT2D eigenvalue weighted by Crippen LogP contribution is -2.49. The van der Waals surface area contributed by atoms with Crippen LogP contribution in [0.15, 0.2) is 41.2 Å². The van der Waals surface area contributed by atoms with E-state index in [1.165, 1.54) is 22.8 Å². The van der Waals surface area contributed by atoms with Gasteiger partial charge in [-0.2, -0.15) is 0 Å². The standard InChI is InChI=1S/C18H19ClFN3O2/c1-21-16(3-2-4-17(21)24)18(25)23-9-7-22(8-10-23)12-13-5-6-14(20)11-15(13)19/h2-6,11H,7-10,12H2,1H3. The maximum Gasteiger partial charge on any atom is 0.270 e. The number of amides is 1. The van der Waals surface area contributed by atoms with Gasteiger partial charge in [-0.25, -0.2) is 4.39 Å². The lowest BCUT2D eigenvalue weighted by Gasteiger charge is -2.35. The molecule has 25 heavy (non-hydrogen) atoms. The highest BCUT2D eigenvalue weighted by molar-refractivity contribution is 6.31. The summed E-state index contributed by atoms with van der Waals surface area (Å²) < 4.78 is 14.5. The first-order chi connectivity index (χ1) is 12.0. The minimum Gasteiger partial charge on any atom is -0.335 e. The number of rotatable bonds is 3. The van der Waals surface area contributed by atoms with Gasteiger partial charge >= 0.3 is 0 Å². The molecule has 2 heterocycles. The molecule has 1 amide bonds. The zero-order chi connectivity index (χ0) is 18.0. The lowest BCUT2D eigenvalue weighted by molar-refractivity contribution is 0.0617. The molecule has 0 saturated carbocycles. The van der Waals surface area contributed by atoms with Crippen molar-refractivity contribution in [1.82, 2.24) is 14.4 Å². The third-order valence-corrected chi connectivity index (χ3v) is 4.82. The van der Waals surface area contributed by atoms with Crippen molar-refractivity contribution < 1.29 is 9.18 Å². The summed E-state index contributed by atoms with van der Waals surface area (Å²) in [4.78, 5) is 28.2. The van der Waals surface area contributed by atoms with Crippen LogP contribution in [0, 0.1) is 5.82 Å². The molecular formula is C18H19ClFN3O2. The Morgan fingerprint density at radius 2 is 1.88 bits per heavy atom. The van der Waals surface area contributed by atoms with Crippen LogP contribution in [0.2, 0.25) is 5.02 Å². The maximum atomic E-state index is 13.1. The molecule has 1 aliphatic rings. The first-order valence-corrected chi connectivity index (χ1v) is 8.45. The van der Waals surface area contributed by atoms with Crippen molar-refractivity contribution in [2.24, 2.45) is 7.05 Å². The molecule has 0 atom stereocenters. The van der Waals surface area contributed by atoms with E-state index in [0.29, 0.717) is 43.4 Å². The van der Waals surface area contributed by atoms with Crippen LogP contribution in [0.1, 0.15) is 16.1 Å². The van der Waals surface area contributed by atoms with Crippen LogP contribution < -0.4 is 5.56 Å². The summed E-state index contributed by atoms with van der Waals surface area (Å²) >= 11 is 6.08. The smallest absolute Gasteiger partial charge is 0.270 e. The summed E-state index contributed by atoms with van der Waals surface area (Å²) in [6.45, 7) is 3.15. The van der Waals surface area contributed by atoms with Crippen molar-refractivity contribution in [3.05, 3.63) is 68.8 Å². The Kier molecular flexibility index (Phi) is 5.20. The SMILES string of the molecule is Cn1c(C(=O)N2CCN(Cc3ccc(F)cc3Cl)CC2)cccc1=O. The number of pyridine rings is 1.